The molecule has 13 heavy (non-hydrogen) atoms. The zero-order valence-corrected chi connectivity index (χ0v) is 8.82. The molecular formula is C6HCl4F2N. The zero-order chi connectivity index (χ0) is 10.2. The van der Waals surface area contributed by atoms with Gasteiger partial charge >= 0.3 is 0 Å². The van der Waals surface area contributed by atoms with Crippen molar-refractivity contribution >= 4 is 46.4 Å². The molecule has 0 saturated heterocycles. The zero-order valence-electron chi connectivity index (χ0n) is 5.79. The predicted octanol–water partition coefficient (Wildman–Crippen LogP) is 4.63. The van der Waals surface area contributed by atoms with Crippen LogP contribution in [0.25, 0.3) is 0 Å². The third-order valence-electron chi connectivity index (χ3n) is 1.25. The van der Waals surface area contributed by atoms with Gasteiger partial charge in [0, 0.05) is 0 Å². The Morgan fingerprint density at radius 2 is 1.31 bits per heavy atom. The second-order valence-electron chi connectivity index (χ2n) is 2.04. The van der Waals surface area contributed by atoms with E-state index in [0.717, 1.165) is 0 Å². The highest BCUT2D eigenvalue weighted by molar-refractivity contribution is 6.46. The lowest BCUT2D eigenvalue weighted by molar-refractivity contribution is 0.151. The van der Waals surface area contributed by atoms with Gasteiger partial charge in [0.2, 0.25) is 0 Å². The van der Waals surface area contributed by atoms with Crippen LogP contribution in [0.3, 0.4) is 0 Å². The Hall–Kier alpha value is 0.170. The Balaban J connectivity index is 3.46. The number of aromatic nitrogens is 1. The molecule has 72 valence electrons. The van der Waals surface area contributed by atoms with Gasteiger partial charge in [0.15, 0.2) is 0 Å². The third-order valence-corrected chi connectivity index (χ3v) is 2.76. The minimum atomic E-state index is -2.84. The molecule has 0 fully saturated rings. The van der Waals surface area contributed by atoms with Gasteiger partial charge in [0.05, 0.1) is 15.6 Å². The molecule has 0 aliphatic heterocycles. The van der Waals surface area contributed by atoms with Crippen LogP contribution in [-0.2, 0) is 0 Å². The van der Waals surface area contributed by atoms with Crippen molar-refractivity contribution in [3.8, 4) is 0 Å². The van der Waals surface area contributed by atoms with Crippen molar-refractivity contribution in [3.05, 3.63) is 25.9 Å². The van der Waals surface area contributed by atoms with E-state index in [0.29, 0.717) is 0 Å². The van der Waals surface area contributed by atoms with Gasteiger partial charge in [0.1, 0.15) is 10.3 Å². The van der Waals surface area contributed by atoms with E-state index in [1.54, 1.807) is 0 Å². The van der Waals surface area contributed by atoms with Crippen molar-refractivity contribution < 1.29 is 8.78 Å². The fraction of sp³-hybridized carbons (Fsp3) is 0.167. The van der Waals surface area contributed by atoms with E-state index in [1.165, 1.54) is 0 Å². The predicted molar refractivity (Wildman–Crippen MR) is 49.2 cm³/mol. The lowest BCUT2D eigenvalue weighted by atomic mass is 10.3. The van der Waals surface area contributed by atoms with Crippen LogP contribution in [-0.4, -0.2) is 4.98 Å². The Bertz CT molecular complexity index is 316. The van der Waals surface area contributed by atoms with Gasteiger partial charge in [-0.1, -0.05) is 46.4 Å². The maximum absolute atomic E-state index is 12.3. The lowest BCUT2D eigenvalue weighted by Crippen LogP contribution is -1.92. The van der Waals surface area contributed by atoms with Gasteiger partial charge in [-0.15, -0.1) is 0 Å². The molecule has 0 N–H and O–H groups in total. The van der Waals surface area contributed by atoms with Gasteiger partial charge in [-0.25, -0.2) is 13.8 Å². The number of hydrogen-bond donors (Lipinski definition) is 0. The Morgan fingerprint density at radius 3 is 1.62 bits per heavy atom. The number of halogens is 6. The summed E-state index contributed by atoms with van der Waals surface area (Å²) in [6.45, 7) is 0. The molecule has 0 radical (unpaired) electrons. The summed E-state index contributed by atoms with van der Waals surface area (Å²) in [5.74, 6) is 0. The fourth-order valence-electron chi connectivity index (χ4n) is 0.695. The van der Waals surface area contributed by atoms with E-state index in [4.69, 9.17) is 46.4 Å². The second kappa shape index (κ2) is 4.13. The van der Waals surface area contributed by atoms with Crippen molar-refractivity contribution in [1.82, 2.24) is 4.98 Å². The van der Waals surface area contributed by atoms with Crippen LogP contribution in [0.2, 0.25) is 20.4 Å². The SMILES string of the molecule is FC(F)c1c(Cl)c(Cl)nc(Cl)c1Cl. The first kappa shape index (κ1) is 11.2. The minimum absolute atomic E-state index is 0.286. The van der Waals surface area contributed by atoms with Crippen molar-refractivity contribution in [3.63, 3.8) is 0 Å². The summed E-state index contributed by atoms with van der Waals surface area (Å²) in [5.41, 5.74) is -0.590. The van der Waals surface area contributed by atoms with Crippen molar-refractivity contribution in [2.45, 2.75) is 6.43 Å². The number of pyridine rings is 1. The molecule has 1 rings (SSSR count). The Kier molecular flexibility index (Phi) is 3.57. The fourth-order valence-corrected chi connectivity index (χ4v) is 1.60. The summed E-state index contributed by atoms with van der Waals surface area (Å²) in [6, 6.07) is 0. The first-order valence-corrected chi connectivity index (χ1v) is 4.44. The maximum atomic E-state index is 12.3. The molecule has 0 aromatic carbocycles. The van der Waals surface area contributed by atoms with Crippen molar-refractivity contribution in [1.29, 1.82) is 0 Å². The van der Waals surface area contributed by atoms with E-state index >= 15 is 0 Å². The minimum Gasteiger partial charge on any atom is -0.221 e. The summed E-state index contributed by atoms with van der Waals surface area (Å²) in [6.07, 6.45) is -2.84. The maximum Gasteiger partial charge on any atom is 0.266 e. The van der Waals surface area contributed by atoms with Crippen LogP contribution >= 0.6 is 46.4 Å². The molecule has 0 aliphatic carbocycles. The quantitative estimate of drug-likeness (QED) is 0.675. The summed E-state index contributed by atoms with van der Waals surface area (Å²) >= 11 is 21.7. The number of nitrogens with zero attached hydrogens (tertiary/aromatic N) is 1. The number of rotatable bonds is 1. The first-order valence-electron chi connectivity index (χ1n) is 2.93. The highest BCUT2D eigenvalue weighted by atomic mass is 35.5. The van der Waals surface area contributed by atoms with Crippen LogP contribution in [0.4, 0.5) is 8.78 Å². The van der Waals surface area contributed by atoms with Crippen molar-refractivity contribution in [2.75, 3.05) is 0 Å². The summed E-state index contributed by atoms with van der Waals surface area (Å²) in [7, 11) is 0. The van der Waals surface area contributed by atoms with Gasteiger partial charge in [-0.05, 0) is 0 Å². The van der Waals surface area contributed by atoms with E-state index in [-0.39, 0.29) is 20.4 Å². The van der Waals surface area contributed by atoms with Gasteiger partial charge < -0.3 is 0 Å². The molecular weight excluding hydrogens is 266 g/mol. The lowest BCUT2D eigenvalue weighted by Gasteiger charge is -2.07. The molecule has 0 aliphatic rings. The molecule has 0 spiro atoms. The van der Waals surface area contributed by atoms with E-state index in [2.05, 4.69) is 4.98 Å². The molecule has 0 atom stereocenters. The first-order chi connectivity index (χ1) is 5.95. The second-order valence-corrected chi connectivity index (χ2v) is 3.51. The van der Waals surface area contributed by atoms with E-state index in [1.807, 2.05) is 0 Å². The third kappa shape index (κ3) is 2.15. The standard InChI is InChI=1S/C6HCl4F2N/c7-2-1(6(11)12)3(8)5(10)13-4(2)9/h6H. The molecule has 0 bridgehead atoms. The normalized spacial score (nSPS) is 11.0. The van der Waals surface area contributed by atoms with Crippen LogP contribution < -0.4 is 0 Å². The average Bonchev–Trinajstić information content (AvgIpc) is 2.01. The molecule has 1 aromatic rings. The molecule has 1 nitrogen and oxygen atoms in total. The monoisotopic (exact) mass is 265 g/mol. The molecule has 0 unspecified atom stereocenters. The van der Waals surface area contributed by atoms with E-state index < -0.39 is 12.0 Å². The average molecular weight is 267 g/mol. The number of alkyl halides is 2. The molecule has 1 aromatic heterocycles. The van der Waals surface area contributed by atoms with E-state index in [9.17, 15) is 8.78 Å². The summed E-state index contributed by atoms with van der Waals surface area (Å²) < 4.78 is 24.7. The van der Waals surface area contributed by atoms with Gasteiger partial charge in [-0.3, -0.25) is 0 Å². The topological polar surface area (TPSA) is 12.9 Å². The van der Waals surface area contributed by atoms with Gasteiger partial charge in [0.25, 0.3) is 6.43 Å². The Morgan fingerprint density at radius 1 is 0.923 bits per heavy atom. The summed E-state index contributed by atoms with van der Waals surface area (Å²) in [5, 5.41) is -1.31. The molecule has 0 amide bonds. The van der Waals surface area contributed by atoms with Gasteiger partial charge in [-0.2, -0.15) is 0 Å². The molecule has 7 heteroatoms. The smallest absolute Gasteiger partial charge is 0.221 e. The van der Waals surface area contributed by atoms with Crippen LogP contribution in [0.1, 0.15) is 12.0 Å². The number of hydrogen-bond acceptors (Lipinski definition) is 1. The van der Waals surface area contributed by atoms with Crippen LogP contribution in [0.5, 0.6) is 0 Å². The molecule has 1 heterocycles. The highest BCUT2D eigenvalue weighted by Gasteiger charge is 2.22. The summed E-state index contributed by atoms with van der Waals surface area (Å²) in [4.78, 5) is 3.45. The highest BCUT2D eigenvalue weighted by Crippen LogP contribution is 2.39. The van der Waals surface area contributed by atoms with Crippen LogP contribution in [0.15, 0.2) is 0 Å². The Labute approximate surface area is 92.6 Å². The van der Waals surface area contributed by atoms with Crippen LogP contribution in [0, 0.1) is 0 Å². The molecule has 0 saturated carbocycles. The van der Waals surface area contributed by atoms with Crippen molar-refractivity contribution in [2.24, 2.45) is 0 Å². The largest absolute Gasteiger partial charge is 0.266 e.